The first-order valence-corrected chi connectivity index (χ1v) is 8.46. The molecule has 22 heavy (non-hydrogen) atoms. The van der Waals surface area contributed by atoms with E-state index in [1.165, 1.54) is 24.1 Å². The number of amides is 1. The SMILES string of the molecule is CC1CCCc2[nH]c(C=C3C(=O)Nc4ccc(Br)cc43)cc21. The van der Waals surface area contributed by atoms with Crippen molar-refractivity contribution in [2.75, 3.05) is 5.32 Å². The number of hydrogen-bond donors (Lipinski definition) is 2. The van der Waals surface area contributed by atoms with Gasteiger partial charge in [0.15, 0.2) is 0 Å². The second kappa shape index (κ2) is 5.13. The van der Waals surface area contributed by atoms with Crippen LogP contribution in [0.5, 0.6) is 0 Å². The van der Waals surface area contributed by atoms with Crippen LogP contribution in [0, 0.1) is 0 Å². The molecule has 0 spiro atoms. The molecule has 0 saturated carbocycles. The van der Waals surface area contributed by atoms with Crippen LogP contribution >= 0.6 is 15.9 Å². The monoisotopic (exact) mass is 356 g/mol. The zero-order chi connectivity index (χ0) is 15.3. The first-order chi connectivity index (χ1) is 10.6. The molecule has 1 atom stereocenters. The van der Waals surface area contributed by atoms with Gasteiger partial charge in [-0.25, -0.2) is 0 Å². The first kappa shape index (κ1) is 13.8. The summed E-state index contributed by atoms with van der Waals surface area (Å²) in [6.07, 6.45) is 5.56. The summed E-state index contributed by atoms with van der Waals surface area (Å²) in [4.78, 5) is 15.7. The van der Waals surface area contributed by atoms with Crippen molar-refractivity contribution in [3.63, 3.8) is 0 Å². The number of halogens is 1. The average molecular weight is 357 g/mol. The van der Waals surface area contributed by atoms with Crippen molar-refractivity contribution in [1.82, 2.24) is 4.98 Å². The van der Waals surface area contributed by atoms with E-state index >= 15 is 0 Å². The lowest BCUT2D eigenvalue weighted by Crippen LogP contribution is -2.04. The van der Waals surface area contributed by atoms with E-state index in [2.05, 4.69) is 39.2 Å². The van der Waals surface area contributed by atoms with Crippen LogP contribution in [0.3, 0.4) is 0 Å². The Labute approximate surface area is 137 Å². The molecule has 0 saturated heterocycles. The third kappa shape index (κ3) is 2.22. The van der Waals surface area contributed by atoms with Crippen LogP contribution in [0.1, 0.15) is 48.2 Å². The van der Waals surface area contributed by atoms with Gasteiger partial charge >= 0.3 is 0 Å². The van der Waals surface area contributed by atoms with Crippen LogP contribution in [0.15, 0.2) is 28.7 Å². The van der Waals surface area contributed by atoms with Gasteiger partial charge in [0.25, 0.3) is 5.91 Å². The summed E-state index contributed by atoms with van der Waals surface area (Å²) in [5, 5.41) is 2.92. The molecule has 4 heteroatoms. The number of carbonyl (C=O) groups is 1. The second-order valence-corrected chi connectivity index (χ2v) is 7.07. The van der Waals surface area contributed by atoms with Crippen molar-refractivity contribution >= 4 is 39.2 Å². The van der Waals surface area contributed by atoms with Gasteiger partial charge in [-0.1, -0.05) is 22.9 Å². The zero-order valence-corrected chi connectivity index (χ0v) is 14.0. The molecule has 1 aliphatic heterocycles. The molecule has 0 fully saturated rings. The number of aryl methyl sites for hydroxylation is 1. The highest BCUT2D eigenvalue weighted by Gasteiger charge is 2.25. The minimum Gasteiger partial charge on any atom is -0.359 e. The van der Waals surface area contributed by atoms with Gasteiger partial charge in [0.05, 0.1) is 5.57 Å². The van der Waals surface area contributed by atoms with Gasteiger partial charge in [-0.2, -0.15) is 0 Å². The highest BCUT2D eigenvalue weighted by Crippen LogP contribution is 2.36. The normalized spacial score (nSPS) is 21.6. The molecule has 0 bridgehead atoms. The number of hydrogen-bond acceptors (Lipinski definition) is 1. The van der Waals surface area contributed by atoms with Crippen LogP contribution < -0.4 is 5.32 Å². The molecule has 2 heterocycles. The Balaban J connectivity index is 1.78. The molecule has 1 unspecified atom stereocenters. The summed E-state index contributed by atoms with van der Waals surface area (Å²) < 4.78 is 0.980. The predicted octanol–water partition coefficient (Wildman–Crippen LogP) is 4.71. The third-order valence-electron chi connectivity index (χ3n) is 4.61. The number of anilines is 1. The largest absolute Gasteiger partial charge is 0.359 e. The van der Waals surface area contributed by atoms with E-state index in [1.54, 1.807) is 0 Å². The molecule has 2 aliphatic rings. The van der Waals surface area contributed by atoms with Gasteiger partial charge in [0.2, 0.25) is 0 Å². The fourth-order valence-corrected chi connectivity index (χ4v) is 3.82. The van der Waals surface area contributed by atoms with Crippen molar-refractivity contribution in [2.24, 2.45) is 0 Å². The average Bonchev–Trinajstić information content (AvgIpc) is 3.03. The molecule has 1 aromatic carbocycles. The van der Waals surface area contributed by atoms with Crippen LogP contribution in [0.2, 0.25) is 0 Å². The minimum atomic E-state index is -0.0336. The van der Waals surface area contributed by atoms with E-state index in [4.69, 9.17) is 0 Å². The quantitative estimate of drug-likeness (QED) is 0.714. The molecule has 4 rings (SSSR count). The number of benzene rings is 1. The fraction of sp³-hybridized carbons (Fsp3) is 0.278. The summed E-state index contributed by atoms with van der Waals surface area (Å²) in [6.45, 7) is 2.28. The van der Waals surface area contributed by atoms with Crippen molar-refractivity contribution in [3.05, 3.63) is 51.3 Å². The molecular formula is C18H17BrN2O. The van der Waals surface area contributed by atoms with Gasteiger partial charge < -0.3 is 10.3 Å². The van der Waals surface area contributed by atoms with Crippen LogP contribution in [-0.4, -0.2) is 10.9 Å². The Morgan fingerprint density at radius 3 is 3.00 bits per heavy atom. The van der Waals surface area contributed by atoms with Crippen molar-refractivity contribution < 1.29 is 4.79 Å². The highest BCUT2D eigenvalue weighted by atomic mass is 79.9. The number of aromatic nitrogens is 1. The van der Waals surface area contributed by atoms with Crippen molar-refractivity contribution in [1.29, 1.82) is 0 Å². The van der Waals surface area contributed by atoms with Crippen molar-refractivity contribution in [3.8, 4) is 0 Å². The molecule has 2 N–H and O–H groups in total. The zero-order valence-electron chi connectivity index (χ0n) is 12.4. The van der Waals surface area contributed by atoms with Gasteiger partial charge in [-0.05, 0) is 61.1 Å². The molecule has 1 aromatic heterocycles. The smallest absolute Gasteiger partial charge is 0.256 e. The number of carbonyl (C=O) groups excluding carboxylic acids is 1. The van der Waals surface area contributed by atoms with E-state index in [-0.39, 0.29) is 5.91 Å². The van der Waals surface area contributed by atoms with Gasteiger partial charge in [0.1, 0.15) is 0 Å². The van der Waals surface area contributed by atoms with Gasteiger partial charge in [-0.15, -0.1) is 0 Å². The summed E-state index contributed by atoms with van der Waals surface area (Å²) in [6, 6.07) is 8.07. The summed E-state index contributed by atoms with van der Waals surface area (Å²) in [7, 11) is 0. The number of rotatable bonds is 1. The van der Waals surface area contributed by atoms with Gasteiger partial charge in [0, 0.05) is 27.1 Å². The number of fused-ring (bicyclic) bond motifs is 2. The lowest BCUT2D eigenvalue weighted by molar-refractivity contribution is -0.110. The lowest BCUT2D eigenvalue weighted by atomic mass is 9.88. The Morgan fingerprint density at radius 1 is 1.32 bits per heavy atom. The topological polar surface area (TPSA) is 44.9 Å². The summed E-state index contributed by atoms with van der Waals surface area (Å²) in [5.74, 6) is 0.569. The maximum atomic E-state index is 12.2. The maximum absolute atomic E-state index is 12.2. The van der Waals surface area contributed by atoms with E-state index in [0.29, 0.717) is 5.92 Å². The van der Waals surface area contributed by atoms with E-state index < -0.39 is 0 Å². The highest BCUT2D eigenvalue weighted by molar-refractivity contribution is 9.10. The third-order valence-corrected chi connectivity index (χ3v) is 5.11. The Bertz CT molecular complexity index is 803. The van der Waals surface area contributed by atoms with Crippen molar-refractivity contribution in [2.45, 2.75) is 32.1 Å². The molecular weight excluding hydrogens is 340 g/mol. The minimum absolute atomic E-state index is 0.0336. The fourth-order valence-electron chi connectivity index (χ4n) is 3.46. The van der Waals surface area contributed by atoms with E-state index in [1.807, 2.05) is 24.3 Å². The van der Waals surface area contributed by atoms with Crippen LogP contribution in [0.25, 0.3) is 11.6 Å². The number of nitrogens with one attached hydrogen (secondary N) is 2. The molecule has 112 valence electrons. The van der Waals surface area contributed by atoms with E-state index in [0.717, 1.165) is 33.4 Å². The molecule has 0 radical (unpaired) electrons. The predicted molar refractivity (Wildman–Crippen MR) is 92.8 cm³/mol. The Morgan fingerprint density at radius 2 is 2.18 bits per heavy atom. The Kier molecular flexibility index (Phi) is 3.22. The second-order valence-electron chi connectivity index (χ2n) is 6.15. The first-order valence-electron chi connectivity index (χ1n) is 7.66. The van der Waals surface area contributed by atoms with Crippen LogP contribution in [0.4, 0.5) is 5.69 Å². The Hall–Kier alpha value is -1.81. The number of H-pyrrole nitrogens is 1. The number of aromatic amines is 1. The molecule has 3 nitrogen and oxygen atoms in total. The lowest BCUT2D eigenvalue weighted by Gasteiger charge is -2.17. The van der Waals surface area contributed by atoms with Crippen LogP contribution in [-0.2, 0) is 11.2 Å². The van der Waals surface area contributed by atoms with Gasteiger partial charge in [-0.3, -0.25) is 4.79 Å². The van der Waals surface area contributed by atoms with E-state index in [9.17, 15) is 4.79 Å². The molecule has 2 aromatic rings. The maximum Gasteiger partial charge on any atom is 0.256 e. The summed E-state index contributed by atoms with van der Waals surface area (Å²) >= 11 is 3.48. The molecule has 1 amide bonds. The summed E-state index contributed by atoms with van der Waals surface area (Å²) in [5.41, 5.74) is 6.33. The standard InChI is InChI=1S/C18H17BrN2O/c1-10-3-2-4-16-13(10)8-12(20-16)9-15-14-7-11(19)5-6-17(14)21-18(15)22/h5-10,20H,2-4H2,1H3,(H,21,22). The molecule has 1 aliphatic carbocycles.